The van der Waals surface area contributed by atoms with Crippen molar-refractivity contribution in [1.82, 2.24) is 0 Å². The highest BCUT2D eigenvalue weighted by Gasteiger charge is 2.68. The highest BCUT2D eigenvalue weighted by Crippen LogP contribution is 2.70. The lowest BCUT2D eigenvalue weighted by atomic mass is 9.43. The first-order chi connectivity index (χ1) is 28.0. The summed E-state index contributed by atoms with van der Waals surface area (Å²) in [6.07, 6.45) is -7.54. The normalized spacial score (nSPS) is 53.9. The fourth-order valence-electron chi connectivity index (χ4n) is 12.9. The monoisotopic (exact) mass is 842 g/mol. The van der Waals surface area contributed by atoms with Gasteiger partial charge in [0.25, 0.3) is 0 Å². The Hall–Kier alpha value is -1.39. The Morgan fingerprint density at radius 3 is 2.19 bits per heavy atom. The first-order valence-corrected chi connectivity index (χ1v) is 21.7. The zero-order valence-corrected chi connectivity index (χ0v) is 34.5. The first kappa shape index (κ1) is 44.2. The van der Waals surface area contributed by atoms with Gasteiger partial charge in [0, 0.05) is 25.0 Å². The maximum atomic E-state index is 12.6. The van der Waals surface area contributed by atoms with Crippen LogP contribution in [0.2, 0.25) is 0 Å². The molecule has 0 amide bonds. The quantitative estimate of drug-likeness (QED) is 0.105. The summed E-state index contributed by atoms with van der Waals surface area (Å²) in [5, 5.41) is 85.0. The molecule has 7 fully saturated rings. The Balaban J connectivity index is 0.857. The molecule has 4 aliphatic carbocycles. The van der Waals surface area contributed by atoms with Gasteiger partial charge in [0.2, 0.25) is 0 Å². The van der Waals surface area contributed by atoms with E-state index in [2.05, 4.69) is 13.8 Å². The average molecular weight is 843 g/mol. The Labute approximate surface area is 344 Å². The van der Waals surface area contributed by atoms with E-state index in [1.165, 1.54) is 0 Å². The van der Waals surface area contributed by atoms with Crippen LogP contribution >= 0.6 is 0 Å². The molecule has 4 saturated carbocycles. The zero-order valence-electron chi connectivity index (χ0n) is 34.5. The third-order valence-corrected chi connectivity index (χ3v) is 16.4. The van der Waals surface area contributed by atoms with Crippen molar-refractivity contribution in [2.24, 2.45) is 34.5 Å². The molecule has 3 saturated heterocycles. The average Bonchev–Trinajstić information content (AvgIpc) is 3.77. The fraction of sp³-hybridized carbons (Fsp3) is 0.929. The van der Waals surface area contributed by atoms with Crippen molar-refractivity contribution in [2.75, 3.05) is 26.9 Å². The zero-order chi connectivity index (χ0) is 42.2. The fourth-order valence-corrected chi connectivity index (χ4v) is 12.9. The van der Waals surface area contributed by atoms with Crippen molar-refractivity contribution < 1.29 is 83.5 Å². The van der Waals surface area contributed by atoms with E-state index < -0.39 is 105 Å². The van der Waals surface area contributed by atoms with Gasteiger partial charge in [-0.3, -0.25) is 0 Å². The standard InChI is InChI=1S/C42H66O17/c1-19-37(59-39-36(50)34(48)32(46)28(58-39)18-54-38-35(49)33(47)31(45)27(16-43)57-38)26(52-4)15-30(55-19)56-22-7-10-40(2)21(14-22)5-6-25-24(40)8-11-41(3)23(9-12-42(25,41)51)20-13-29(44)53-17-20/h13,19,21-28,30-39,43,45-51H,5-12,14-18H2,1-4H3/t19-,21-,22+,23-,24+,25+,26-,27-,28+,30+,31+,32+,33+,34-,35+,36+,37-,38-,39-,40+,41-,42+/m1/s1. The van der Waals surface area contributed by atoms with Crippen molar-refractivity contribution in [3.63, 3.8) is 0 Å². The Morgan fingerprint density at radius 2 is 1.49 bits per heavy atom. The number of aliphatic hydroxyl groups is 8. The van der Waals surface area contributed by atoms with Crippen LogP contribution in [0.3, 0.4) is 0 Å². The van der Waals surface area contributed by atoms with Gasteiger partial charge in [0.1, 0.15) is 61.5 Å². The van der Waals surface area contributed by atoms with Gasteiger partial charge in [-0.2, -0.15) is 0 Å². The van der Waals surface area contributed by atoms with Crippen LogP contribution in [0, 0.1) is 34.5 Å². The van der Waals surface area contributed by atoms with Crippen LogP contribution in [0.1, 0.15) is 85.0 Å². The maximum absolute atomic E-state index is 12.6. The third kappa shape index (κ3) is 7.64. The molecule has 0 aromatic heterocycles. The summed E-state index contributed by atoms with van der Waals surface area (Å²) >= 11 is 0. The second kappa shape index (κ2) is 17.0. The van der Waals surface area contributed by atoms with E-state index in [9.17, 15) is 45.6 Å². The number of hydrogen-bond acceptors (Lipinski definition) is 17. The number of carbonyl (C=O) groups excluding carboxylic acids is 1. The molecule has 0 bridgehead atoms. The van der Waals surface area contributed by atoms with Crippen LogP contribution in [0.15, 0.2) is 11.6 Å². The van der Waals surface area contributed by atoms with Crippen LogP contribution in [0.5, 0.6) is 0 Å². The van der Waals surface area contributed by atoms with Crippen molar-refractivity contribution in [3.05, 3.63) is 11.6 Å². The minimum atomic E-state index is -1.70. The Bertz CT molecular complexity index is 1530. The molecule has 8 aliphatic rings. The predicted molar refractivity (Wildman–Crippen MR) is 202 cm³/mol. The molecular formula is C42H66O17. The van der Waals surface area contributed by atoms with Gasteiger partial charge < -0.3 is 78.7 Å². The molecule has 17 nitrogen and oxygen atoms in total. The molecule has 0 aromatic carbocycles. The molecule has 59 heavy (non-hydrogen) atoms. The number of hydrogen-bond donors (Lipinski definition) is 8. The summed E-state index contributed by atoms with van der Waals surface area (Å²) in [5.41, 5.74) is 0.0761. The number of esters is 1. The van der Waals surface area contributed by atoms with E-state index >= 15 is 0 Å². The summed E-state index contributed by atoms with van der Waals surface area (Å²) in [6.45, 7) is 5.69. The number of fused-ring (bicyclic) bond motifs is 5. The Kier molecular flexibility index (Phi) is 12.7. The van der Waals surface area contributed by atoms with E-state index in [4.69, 9.17) is 37.9 Å². The molecule has 0 spiro atoms. The summed E-state index contributed by atoms with van der Waals surface area (Å²) in [7, 11) is 1.54. The molecule has 0 aromatic rings. The smallest absolute Gasteiger partial charge is 0.331 e. The minimum Gasteiger partial charge on any atom is -0.458 e. The molecule has 22 atom stereocenters. The molecule has 0 unspecified atom stereocenters. The number of ether oxygens (including phenoxy) is 8. The molecule has 336 valence electrons. The SMILES string of the molecule is CO[C@@H]1C[C@H](O[C@H]2CC[C@@]3(C)[C@H](CC[C@H]4[C@@H]3CC[C@]3(C)[C@@H](C5=CC(=O)OC5)CC[C@]43O)C2)O[C@H](C)[C@H]1O[C@H]1O[C@@H](CO[C@@H]2O[C@H](CO)[C@H](O)[C@H](O)[C@@H]2O)[C@H](O)[C@@H](O)[C@@H]1O. The van der Waals surface area contributed by atoms with E-state index in [-0.39, 0.29) is 34.7 Å². The van der Waals surface area contributed by atoms with Crippen molar-refractivity contribution >= 4 is 5.97 Å². The van der Waals surface area contributed by atoms with Gasteiger partial charge in [-0.25, -0.2) is 4.79 Å². The van der Waals surface area contributed by atoms with Crippen molar-refractivity contribution in [3.8, 4) is 0 Å². The van der Waals surface area contributed by atoms with Crippen LogP contribution in [-0.4, -0.2) is 171 Å². The lowest BCUT2D eigenvalue weighted by Crippen LogP contribution is -2.63. The van der Waals surface area contributed by atoms with Gasteiger partial charge in [-0.05, 0) is 99.4 Å². The molecular weight excluding hydrogens is 776 g/mol. The molecule has 8 N–H and O–H groups in total. The summed E-state index contributed by atoms with van der Waals surface area (Å²) < 4.78 is 47.2. The van der Waals surface area contributed by atoms with Gasteiger partial charge >= 0.3 is 5.97 Å². The molecule has 17 heteroatoms. The Morgan fingerprint density at radius 1 is 0.780 bits per heavy atom. The van der Waals surface area contributed by atoms with Crippen LogP contribution < -0.4 is 0 Å². The third-order valence-electron chi connectivity index (χ3n) is 16.4. The topological polar surface area (TPSA) is 253 Å². The lowest BCUT2D eigenvalue weighted by molar-refractivity contribution is -0.355. The van der Waals surface area contributed by atoms with Gasteiger partial charge in [-0.15, -0.1) is 0 Å². The van der Waals surface area contributed by atoms with Gasteiger partial charge in [-0.1, -0.05) is 13.8 Å². The van der Waals surface area contributed by atoms with E-state index in [1.54, 1.807) is 20.1 Å². The number of carbonyl (C=O) groups is 1. The van der Waals surface area contributed by atoms with Gasteiger partial charge in [0.15, 0.2) is 18.9 Å². The van der Waals surface area contributed by atoms with Crippen LogP contribution in [0.4, 0.5) is 0 Å². The second-order valence-corrected chi connectivity index (χ2v) is 19.3. The van der Waals surface area contributed by atoms with E-state index in [0.29, 0.717) is 24.9 Å². The molecule has 4 heterocycles. The van der Waals surface area contributed by atoms with E-state index in [1.807, 2.05) is 0 Å². The molecule has 4 aliphatic heterocycles. The van der Waals surface area contributed by atoms with Crippen LogP contribution in [-0.2, 0) is 42.7 Å². The highest BCUT2D eigenvalue weighted by atomic mass is 16.8. The van der Waals surface area contributed by atoms with Crippen LogP contribution in [0.25, 0.3) is 0 Å². The second-order valence-electron chi connectivity index (χ2n) is 19.3. The van der Waals surface area contributed by atoms with Crippen molar-refractivity contribution in [1.29, 1.82) is 0 Å². The molecule has 0 radical (unpaired) electrons. The number of rotatable bonds is 10. The number of methoxy groups -OCH3 is 1. The predicted octanol–water partition coefficient (Wildman–Crippen LogP) is -0.212. The van der Waals surface area contributed by atoms with Crippen molar-refractivity contribution in [2.45, 2.75) is 183 Å². The van der Waals surface area contributed by atoms with Gasteiger partial charge in [0.05, 0.1) is 37.1 Å². The first-order valence-electron chi connectivity index (χ1n) is 21.7. The molecule has 8 rings (SSSR count). The lowest BCUT2D eigenvalue weighted by Gasteiger charge is -2.64. The summed E-state index contributed by atoms with van der Waals surface area (Å²) in [5.74, 6) is 0.957. The number of aliphatic hydroxyl groups excluding tert-OH is 7. The summed E-state index contributed by atoms with van der Waals surface area (Å²) in [4.78, 5) is 12.0. The largest absolute Gasteiger partial charge is 0.458 e. The summed E-state index contributed by atoms with van der Waals surface area (Å²) in [6, 6.07) is 0. The van der Waals surface area contributed by atoms with E-state index in [0.717, 1.165) is 63.4 Å². The number of cyclic esters (lactones) is 1. The minimum absolute atomic E-state index is 0.0268. The maximum Gasteiger partial charge on any atom is 0.331 e. The highest BCUT2D eigenvalue weighted by molar-refractivity contribution is 5.85.